The van der Waals surface area contributed by atoms with Gasteiger partial charge in [-0.3, -0.25) is 0 Å². The fourth-order valence-electron chi connectivity index (χ4n) is 2.08. The highest BCUT2D eigenvalue weighted by atomic mass is 32.2. The van der Waals surface area contributed by atoms with E-state index in [1.54, 1.807) is 13.2 Å². The lowest BCUT2D eigenvalue weighted by molar-refractivity contribution is -0.790. The number of hydrogen-bond acceptors (Lipinski definition) is 27. The summed E-state index contributed by atoms with van der Waals surface area (Å²) in [6, 6.07) is 0. The van der Waals surface area contributed by atoms with Crippen molar-refractivity contribution in [1.29, 1.82) is 0 Å². The molecule has 0 fully saturated rings. The molecular formula is C18H38N8O26S. The van der Waals surface area contributed by atoms with E-state index in [-0.39, 0.29) is 18.8 Å². The highest BCUT2D eigenvalue weighted by molar-refractivity contribution is 7.98. The Morgan fingerprint density at radius 3 is 1.00 bits per heavy atom. The average Bonchev–Trinajstić information content (AvgIpc) is 3.05. The molecule has 0 aliphatic rings. The minimum atomic E-state index is -1.09. The molecule has 0 N–H and O–H groups in total. The lowest BCUT2D eigenvalue weighted by Gasteiger charge is -2.11. The third kappa shape index (κ3) is 52.9. The minimum absolute atomic E-state index is 0.158. The van der Waals surface area contributed by atoms with Crippen LogP contribution in [-0.2, 0) is 48.2 Å². The second kappa shape index (κ2) is 38.7. The fraction of sp³-hybridized carbons (Fsp3) is 1.00. The first-order valence-corrected chi connectivity index (χ1v) is 14.9. The summed E-state index contributed by atoms with van der Waals surface area (Å²) < 4.78 is 9.10. The maximum atomic E-state index is 9.88. The van der Waals surface area contributed by atoms with E-state index in [1.165, 1.54) is 26.0 Å². The Morgan fingerprint density at radius 2 is 0.736 bits per heavy atom. The van der Waals surface area contributed by atoms with Crippen LogP contribution in [0.15, 0.2) is 0 Å². The first-order chi connectivity index (χ1) is 24.7. The van der Waals surface area contributed by atoms with Gasteiger partial charge >= 0.3 is 0 Å². The third-order valence-electron chi connectivity index (χ3n) is 4.03. The van der Waals surface area contributed by atoms with Crippen molar-refractivity contribution in [3.63, 3.8) is 0 Å². The second-order valence-electron chi connectivity index (χ2n) is 7.63. The van der Waals surface area contributed by atoms with Gasteiger partial charge in [0.05, 0.1) is 6.61 Å². The molecular weight excluding hydrogens is 776 g/mol. The Kier molecular flexibility index (Phi) is 41.0. The Bertz CT molecular complexity index is 988. The van der Waals surface area contributed by atoms with Crippen LogP contribution in [-0.4, -0.2) is 131 Å². The molecule has 0 aliphatic carbocycles. The lowest BCUT2D eigenvalue weighted by Crippen LogP contribution is -2.28. The molecule has 3 unspecified atom stereocenters. The summed E-state index contributed by atoms with van der Waals surface area (Å²) in [5, 5.41) is 69.8. The number of nitrogens with zero attached hydrogens (tertiary/aromatic N) is 8. The van der Waals surface area contributed by atoms with Crippen LogP contribution in [0.2, 0.25) is 0 Å². The topological polar surface area (TPSA) is 437 Å². The van der Waals surface area contributed by atoms with Crippen molar-refractivity contribution >= 4 is 11.8 Å². The molecule has 53 heavy (non-hydrogen) atoms. The molecule has 0 aromatic carbocycles. The van der Waals surface area contributed by atoms with Crippen molar-refractivity contribution in [2.75, 3.05) is 65.9 Å². The summed E-state index contributed by atoms with van der Waals surface area (Å²) in [4.78, 5) is 110. The number of hydrogen-bond donors (Lipinski definition) is 0. The van der Waals surface area contributed by atoms with E-state index in [0.717, 1.165) is 0 Å². The van der Waals surface area contributed by atoms with Gasteiger partial charge in [-0.05, 0) is 12.7 Å². The van der Waals surface area contributed by atoms with Crippen molar-refractivity contribution in [1.82, 2.24) is 0 Å². The van der Waals surface area contributed by atoms with Gasteiger partial charge in [-0.1, -0.05) is 20.8 Å². The van der Waals surface area contributed by atoms with Crippen LogP contribution in [0, 0.1) is 80.9 Å². The van der Waals surface area contributed by atoms with Gasteiger partial charge in [-0.15, -0.1) is 80.9 Å². The SMILES string of the molecule is CC.CCC(CO[N+](=O)[O-])O[N+](=O)[O-].COC(CO[N+](=O)[O-])CO[N+](=O)[O-].COCC(CO[N+](=O)[O-])O[N+](=O)[O-].CSCC(CO[N+](=O)[O-])O[N+](=O)[O-]. The van der Waals surface area contributed by atoms with Gasteiger partial charge in [0.1, 0.15) is 51.3 Å². The largest absolute Gasteiger partial charge is 0.382 e. The molecule has 34 nitrogen and oxygen atoms in total. The van der Waals surface area contributed by atoms with Crippen LogP contribution < -0.4 is 0 Å². The van der Waals surface area contributed by atoms with Crippen LogP contribution in [0.5, 0.6) is 0 Å². The maximum Gasteiger partial charge on any atom is 0.294 e. The van der Waals surface area contributed by atoms with Gasteiger partial charge < -0.3 is 48.2 Å². The standard InChI is InChI=1S/2C4H8N2O7.C4H8N2O6S.C4H8N2O6.C2H6/c1-11-4(2-12-5(7)8)3-13-6(9)10;1-11-2-4(13-6(9)10)3-12-5(7)8;1-13-3-4(12-6(9)10)2-11-5(7)8;1-2-4(12-6(9)10)3-11-5(7)8;1-2/h3*4H,2-3H2,1H3;4H,2-3H2,1H3;1-2H3. The monoisotopic (exact) mass is 814 g/mol. The van der Waals surface area contributed by atoms with Gasteiger partial charge in [-0.25, -0.2) is 0 Å². The molecule has 0 radical (unpaired) electrons. The molecule has 35 heteroatoms. The van der Waals surface area contributed by atoms with E-state index in [2.05, 4.69) is 48.2 Å². The van der Waals surface area contributed by atoms with Gasteiger partial charge in [0.2, 0.25) is 0 Å². The third-order valence-corrected chi connectivity index (χ3v) is 4.73. The molecule has 0 aromatic heterocycles. The quantitative estimate of drug-likeness (QED) is 0.0788. The number of thioether (sulfide) groups is 1. The normalized spacial score (nSPS) is 10.9. The van der Waals surface area contributed by atoms with Crippen molar-refractivity contribution in [3.8, 4) is 0 Å². The molecule has 0 aliphatic heterocycles. The van der Waals surface area contributed by atoms with E-state index in [9.17, 15) is 80.9 Å². The average molecular weight is 815 g/mol. The van der Waals surface area contributed by atoms with Gasteiger partial charge in [0, 0.05) is 20.0 Å². The zero-order chi connectivity index (χ0) is 42.4. The second-order valence-corrected chi connectivity index (χ2v) is 8.54. The number of ether oxygens (including phenoxy) is 2. The van der Waals surface area contributed by atoms with Crippen molar-refractivity contribution in [2.45, 2.75) is 51.6 Å². The molecule has 0 aromatic rings. The van der Waals surface area contributed by atoms with Gasteiger partial charge in [0.15, 0.2) is 6.10 Å². The van der Waals surface area contributed by atoms with Crippen LogP contribution >= 0.6 is 11.8 Å². The zero-order valence-electron chi connectivity index (χ0n) is 28.6. The van der Waals surface area contributed by atoms with Crippen molar-refractivity contribution in [2.24, 2.45) is 0 Å². The van der Waals surface area contributed by atoms with Crippen molar-refractivity contribution in [3.05, 3.63) is 80.9 Å². The Balaban J connectivity index is -0.000000190. The molecule has 0 heterocycles. The summed E-state index contributed by atoms with van der Waals surface area (Å²) in [5.41, 5.74) is 0. The van der Waals surface area contributed by atoms with Crippen LogP contribution in [0.4, 0.5) is 0 Å². The first-order valence-electron chi connectivity index (χ1n) is 13.5. The van der Waals surface area contributed by atoms with Crippen LogP contribution in [0.25, 0.3) is 0 Å². The molecule has 0 bridgehead atoms. The molecule has 0 rings (SSSR count). The lowest BCUT2D eigenvalue weighted by atomic mass is 10.3. The van der Waals surface area contributed by atoms with E-state index in [1.807, 2.05) is 13.8 Å². The Morgan fingerprint density at radius 1 is 0.453 bits per heavy atom. The summed E-state index contributed by atoms with van der Waals surface area (Å²) in [5.74, 6) is 0.259. The van der Waals surface area contributed by atoms with E-state index < -0.39 is 98.1 Å². The summed E-state index contributed by atoms with van der Waals surface area (Å²) >= 11 is 1.27. The molecule has 0 saturated carbocycles. The summed E-state index contributed by atoms with van der Waals surface area (Å²) in [7, 11) is 2.51. The van der Waals surface area contributed by atoms with Gasteiger partial charge in [0.25, 0.3) is 40.7 Å². The van der Waals surface area contributed by atoms with E-state index in [4.69, 9.17) is 0 Å². The molecule has 0 saturated heterocycles. The van der Waals surface area contributed by atoms with Crippen LogP contribution in [0.3, 0.4) is 0 Å². The van der Waals surface area contributed by atoms with E-state index in [0.29, 0.717) is 0 Å². The van der Waals surface area contributed by atoms with Crippen LogP contribution in [0.1, 0.15) is 27.2 Å². The smallest absolute Gasteiger partial charge is 0.294 e. The Labute approximate surface area is 299 Å². The minimum Gasteiger partial charge on any atom is -0.382 e. The first kappa shape index (κ1) is 56.3. The molecule has 0 spiro atoms. The predicted octanol–water partition coefficient (Wildman–Crippen LogP) is 0.178. The summed E-state index contributed by atoms with van der Waals surface area (Å²) in [6.07, 6.45) is -1.75. The maximum absolute atomic E-state index is 9.88. The van der Waals surface area contributed by atoms with E-state index >= 15 is 0 Å². The molecule has 312 valence electrons. The highest BCUT2D eigenvalue weighted by Crippen LogP contribution is 2.03. The molecule has 3 atom stereocenters. The van der Waals surface area contributed by atoms with Crippen molar-refractivity contribution < 1.29 is 88.9 Å². The number of methoxy groups -OCH3 is 2. The zero-order valence-corrected chi connectivity index (χ0v) is 29.4. The highest BCUT2D eigenvalue weighted by Gasteiger charge is 2.16. The predicted molar refractivity (Wildman–Crippen MR) is 163 cm³/mol. The van der Waals surface area contributed by atoms with Gasteiger partial charge in [-0.2, -0.15) is 11.8 Å². The Hall–Kier alpha value is -6.13. The summed E-state index contributed by atoms with van der Waals surface area (Å²) in [6.45, 7) is 3.22. The molecule has 0 amide bonds. The fourth-order valence-corrected chi connectivity index (χ4v) is 2.61. The number of rotatable bonds is 27.